The molecule has 2 rings (SSSR count). The minimum absolute atomic E-state index is 0.0692. The molecule has 20 heavy (non-hydrogen) atoms. The van der Waals surface area contributed by atoms with E-state index in [2.05, 4.69) is 21.2 Å². The van der Waals surface area contributed by atoms with Crippen LogP contribution < -0.4 is 5.32 Å². The van der Waals surface area contributed by atoms with Crippen molar-refractivity contribution in [1.29, 1.82) is 0 Å². The normalized spacial score (nSPS) is 10.3. The van der Waals surface area contributed by atoms with Gasteiger partial charge in [0.05, 0.1) is 9.40 Å². The van der Waals surface area contributed by atoms with Crippen molar-refractivity contribution in [2.45, 2.75) is 6.54 Å². The smallest absolute Gasteiger partial charge is 0.285 e. The van der Waals surface area contributed by atoms with Crippen LogP contribution in [0.5, 0.6) is 0 Å². The zero-order valence-corrected chi connectivity index (χ0v) is 11.7. The van der Waals surface area contributed by atoms with Crippen molar-refractivity contribution in [2.24, 2.45) is 0 Å². The lowest BCUT2D eigenvalue weighted by Gasteiger charge is -2.07. The Labute approximate surface area is 121 Å². The molecule has 4 nitrogen and oxygen atoms in total. The van der Waals surface area contributed by atoms with Gasteiger partial charge in [0, 0.05) is 18.3 Å². The molecule has 2 aromatic rings. The van der Waals surface area contributed by atoms with Crippen LogP contribution in [0.2, 0.25) is 0 Å². The molecule has 0 spiro atoms. The van der Waals surface area contributed by atoms with Gasteiger partial charge in [-0.25, -0.2) is 8.78 Å². The summed E-state index contributed by atoms with van der Waals surface area (Å²) in [5.74, 6) is -1.83. The molecule has 104 valence electrons. The third-order valence-corrected chi connectivity index (χ3v) is 3.29. The molecule has 0 heterocycles. The first kappa shape index (κ1) is 14.4. The van der Waals surface area contributed by atoms with Crippen LogP contribution in [0.3, 0.4) is 0 Å². The second-order valence-electron chi connectivity index (χ2n) is 4.03. The van der Waals surface area contributed by atoms with Crippen molar-refractivity contribution in [3.05, 3.63) is 68.2 Å². The van der Waals surface area contributed by atoms with Gasteiger partial charge in [0.15, 0.2) is 11.6 Å². The van der Waals surface area contributed by atoms with Crippen molar-refractivity contribution < 1.29 is 13.7 Å². The fourth-order valence-corrected chi connectivity index (χ4v) is 2.01. The molecule has 0 bridgehead atoms. The average Bonchev–Trinajstić information content (AvgIpc) is 2.41. The number of nitrogens with zero attached hydrogens (tertiary/aromatic N) is 1. The molecule has 0 aromatic heterocycles. The second kappa shape index (κ2) is 5.96. The quantitative estimate of drug-likeness (QED) is 0.667. The number of halogens is 3. The Kier molecular flexibility index (Phi) is 4.29. The van der Waals surface area contributed by atoms with E-state index in [1.165, 1.54) is 12.1 Å². The number of nitro groups is 1. The summed E-state index contributed by atoms with van der Waals surface area (Å²) in [4.78, 5) is 10.3. The fraction of sp³-hybridized carbons (Fsp3) is 0.0769. The molecule has 0 fully saturated rings. The zero-order valence-electron chi connectivity index (χ0n) is 10.1. The molecular formula is C13H9BrF2N2O2. The standard InChI is InChI=1S/C13H9BrF2N2O2/c14-10-3-2-9(6-13(10)18(19)20)17-7-8-1-4-11(15)12(16)5-8/h1-6,17H,7H2. The predicted octanol–water partition coefficient (Wildman–Crippen LogP) is 4.25. The van der Waals surface area contributed by atoms with Gasteiger partial charge < -0.3 is 5.32 Å². The van der Waals surface area contributed by atoms with Gasteiger partial charge >= 0.3 is 0 Å². The van der Waals surface area contributed by atoms with E-state index in [9.17, 15) is 18.9 Å². The van der Waals surface area contributed by atoms with Gasteiger partial charge in [-0.1, -0.05) is 6.07 Å². The molecule has 0 aliphatic heterocycles. The molecule has 0 saturated carbocycles. The SMILES string of the molecule is O=[N+]([O-])c1cc(NCc2ccc(F)c(F)c2)ccc1Br. The zero-order chi connectivity index (χ0) is 14.7. The Morgan fingerprint density at radius 3 is 2.55 bits per heavy atom. The van der Waals surface area contributed by atoms with E-state index in [1.54, 1.807) is 12.1 Å². The van der Waals surface area contributed by atoms with E-state index >= 15 is 0 Å². The van der Waals surface area contributed by atoms with Gasteiger partial charge in [-0.3, -0.25) is 10.1 Å². The summed E-state index contributed by atoms with van der Waals surface area (Å²) >= 11 is 3.08. The van der Waals surface area contributed by atoms with Crippen molar-refractivity contribution >= 4 is 27.3 Å². The van der Waals surface area contributed by atoms with Crippen LogP contribution in [0.4, 0.5) is 20.2 Å². The van der Waals surface area contributed by atoms with Crippen molar-refractivity contribution in [3.8, 4) is 0 Å². The summed E-state index contributed by atoms with van der Waals surface area (Å²) in [6.07, 6.45) is 0. The molecule has 2 aromatic carbocycles. The minimum Gasteiger partial charge on any atom is -0.381 e. The van der Waals surface area contributed by atoms with Crippen LogP contribution in [0.1, 0.15) is 5.56 Å². The highest BCUT2D eigenvalue weighted by Gasteiger charge is 2.12. The predicted molar refractivity (Wildman–Crippen MR) is 74.5 cm³/mol. The van der Waals surface area contributed by atoms with E-state index in [0.29, 0.717) is 15.7 Å². The van der Waals surface area contributed by atoms with E-state index in [0.717, 1.165) is 12.1 Å². The molecule has 0 aliphatic carbocycles. The summed E-state index contributed by atoms with van der Waals surface area (Å²) < 4.78 is 26.2. The number of nitro benzene ring substituents is 1. The summed E-state index contributed by atoms with van der Waals surface area (Å²) in [6.45, 7) is 0.232. The van der Waals surface area contributed by atoms with E-state index in [1.807, 2.05) is 0 Å². The highest BCUT2D eigenvalue weighted by atomic mass is 79.9. The van der Waals surface area contributed by atoms with Crippen LogP contribution >= 0.6 is 15.9 Å². The summed E-state index contributed by atoms with van der Waals surface area (Å²) in [6, 6.07) is 8.12. The Morgan fingerprint density at radius 1 is 1.15 bits per heavy atom. The Bertz CT molecular complexity index is 665. The van der Waals surface area contributed by atoms with E-state index in [4.69, 9.17) is 0 Å². The first-order chi connectivity index (χ1) is 9.47. The van der Waals surface area contributed by atoms with Gasteiger partial charge in [-0.15, -0.1) is 0 Å². The van der Waals surface area contributed by atoms with Crippen LogP contribution in [0.15, 0.2) is 40.9 Å². The topological polar surface area (TPSA) is 55.2 Å². The Hall–Kier alpha value is -2.02. The first-order valence-corrected chi connectivity index (χ1v) is 6.38. The third kappa shape index (κ3) is 3.30. The number of hydrogen-bond donors (Lipinski definition) is 1. The van der Waals surface area contributed by atoms with Crippen LogP contribution in [0, 0.1) is 21.7 Å². The molecule has 0 amide bonds. The van der Waals surface area contributed by atoms with E-state index < -0.39 is 16.6 Å². The third-order valence-electron chi connectivity index (χ3n) is 2.62. The first-order valence-electron chi connectivity index (χ1n) is 5.59. The van der Waals surface area contributed by atoms with E-state index in [-0.39, 0.29) is 12.2 Å². The highest BCUT2D eigenvalue weighted by Crippen LogP contribution is 2.28. The molecule has 7 heteroatoms. The van der Waals surface area contributed by atoms with Crippen molar-refractivity contribution in [1.82, 2.24) is 0 Å². The second-order valence-corrected chi connectivity index (χ2v) is 4.88. The molecule has 0 aliphatic rings. The lowest BCUT2D eigenvalue weighted by molar-refractivity contribution is -0.385. The largest absolute Gasteiger partial charge is 0.381 e. The van der Waals surface area contributed by atoms with Gasteiger partial charge in [0.25, 0.3) is 5.69 Å². The molecule has 0 unspecified atom stereocenters. The highest BCUT2D eigenvalue weighted by molar-refractivity contribution is 9.10. The van der Waals surface area contributed by atoms with Crippen LogP contribution in [0.25, 0.3) is 0 Å². The average molecular weight is 343 g/mol. The number of nitrogens with one attached hydrogen (secondary N) is 1. The summed E-state index contributed by atoms with van der Waals surface area (Å²) in [5, 5.41) is 13.7. The number of benzene rings is 2. The number of anilines is 1. The van der Waals surface area contributed by atoms with Crippen LogP contribution in [-0.4, -0.2) is 4.92 Å². The molecule has 0 radical (unpaired) electrons. The van der Waals surface area contributed by atoms with Crippen LogP contribution in [-0.2, 0) is 6.54 Å². The van der Waals surface area contributed by atoms with Gasteiger partial charge in [0.1, 0.15) is 0 Å². The number of hydrogen-bond acceptors (Lipinski definition) is 3. The molecule has 0 atom stereocenters. The molecular weight excluding hydrogens is 334 g/mol. The van der Waals surface area contributed by atoms with Gasteiger partial charge in [-0.05, 0) is 45.8 Å². The maximum absolute atomic E-state index is 13.0. The van der Waals surface area contributed by atoms with Crippen molar-refractivity contribution in [2.75, 3.05) is 5.32 Å². The lowest BCUT2D eigenvalue weighted by Crippen LogP contribution is -2.01. The minimum atomic E-state index is -0.925. The fourth-order valence-electron chi connectivity index (χ4n) is 1.62. The Morgan fingerprint density at radius 2 is 1.90 bits per heavy atom. The van der Waals surface area contributed by atoms with Gasteiger partial charge in [0.2, 0.25) is 0 Å². The summed E-state index contributed by atoms with van der Waals surface area (Å²) in [5.41, 5.74) is 0.986. The van der Waals surface area contributed by atoms with Crippen molar-refractivity contribution in [3.63, 3.8) is 0 Å². The molecule has 1 N–H and O–H groups in total. The Balaban J connectivity index is 2.12. The maximum Gasteiger partial charge on any atom is 0.285 e. The molecule has 0 saturated heterocycles. The number of rotatable bonds is 4. The van der Waals surface area contributed by atoms with Gasteiger partial charge in [-0.2, -0.15) is 0 Å². The lowest BCUT2D eigenvalue weighted by atomic mass is 10.2. The maximum atomic E-state index is 13.0. The summed E-state index contributed by atoms with van der Waals surface area (Å²) in [7, 11) is 0. The monoisotopic (exact) mass is 342 g/mol.